The van der Waals surface area contributed by atoms with Crippen LogP contribution in [-0.2, 0) is 0 Å². The molecule has 1 aromatic carbocycles. The molecule has 0 saturated carbocycles. The van der Waals surface area contributed by atoms with Gasteiger partial charge in [0, 0.05) is 44.8 Å². The maximum atomic E-state index is 9.94. The predicted molar refractivity (Wildman–Crippen MR) is 85.0 cm³/mol. The van der Waals surface area contributed by atoms with Crippen molar-refractivity contribution in [2.75, 3.05) is 32.7 Å². The van der Waals surface area contributed by atoms with Gasteiger partial charge in [0.05, 0.1) is 5.60 Å². The molecule has 0 aromatic heterocycles. The van der Waals surface area contributed by atoms with E-state index in [4.69, 9.17) is 5.73 Å². The van der Waals surface area contributed by atoms with E-state index >= 15 is 0 Å². The first-order valence-corrected chi connectivity index (χ1v) is 7.97. The average molecular weight is 289 g/mol. The third kappa shape index (κ3) is 3.29. The van der Waals surface area contributed by atoms with E-state index in [-0.39, 0.29) is 6.04 Å². The van der Waals surface area contributed by atoms with Crippen molar-refractivity contribution in [3.05, 3.63) is 35.4 Å². The molecule has 2 unspecified atom stereocenters. The summed E-state index contributed by atoms with van der Waals surface area (Å²) in [5.41, 5.74) is 8.42. The minimum atomic E-state index is -0.607. The lowest BCUT2D eigenvalue weighted by atomic mass is 10.1. The molecule has 1 heterocycles. The molecule has 0 radical (unpaired) electrons. The maximum absolute atomic E-state index is 9.94. The molecule has 3 rings (SSSR count). The summed E-state index contributed by atoms with van der Waals surface area (Å²) >= 11 is 0. The lowest BCUT2D eigenvalue weighted by Crippen LogP contribution is -2.51. The van der Waals surface area contributed by atoms with E-state index < -0.39 is 5.60 Å². The molecule has 4 nitrogen and oxygen atoms in total. The van der Waals surface area contributed by atoms with Gasteiger partial charge in [-0.25, -0.2) is 0 Å². The number of nitrogens with two attached hydrogens (primary N) is 1. The Morgan fingerprint density at radius 3 is 2.38 bits per heavy atom. The topological polar surface area (TPSA) is 52.7 Å². The number of aliphatic hydroxyl groups is 1. The quantitative estimate of drug-likeness (QED) is 0.886. The van der Waals surface area contributed by atoms with Crippen molar-refractivity contribution in [1.29, 1.82) is 0 Å². The highest BCUT2D eigenvalue weighted by molar-refractivity contribution is 5.37. The van der Waals surface area contributed by atoms with Crippen LogP contribution in [0.5, 0.6) is 0 Å². The summed E-state index contributed by atoms with van der Waals surface area (Å²) in [5, 5.41) is 9.94. The molecule has 0 spiro atoms. The second-order valence-corrected chi connectivity index (χ2v) is 7.11. The first kappa shape index (κ1) is 15.0. The summed E-state index contributed by atoms with van der Waals surface area (Å²) in [5.74, 6) is 0. The van der Waals surface area contributed by atoms with Crippen LogP contribution in [0.25, 0.3) is 0 Å². The Morgan fingerprint density at radius 2 is 1.76 bits per heavy atom. The van der Waals surface area contributed by atoms with Crippen molar-refractivity contribution in [3.8, 4) is 0 Å². The minimum absolute atomic E-state index is 0.181. The van der Waals surface area contributed by atoms with Crippen molar-refractivity contribution in [1.82, 2.24) is 9.80 Å². The molecule has 1 fully saturated rings. The summed E-state index contributed by atoms with van der Waals surface area (Å²) in [7, 11) is 0. The summed E-state index contributed by atoms with van der Waals surface area (Å²) < 4.78 is 0. The Kier molecular flexibility index (Phi) is 4.06. The Balaban J connectivity index is 1.63. The number of hydrogen-bond donors (Lipinski definition) is 2. The largest absolute Gasteiger partial charge is 0.389 e. The van der Waals surface area contributed by atoms with Crippen molar-refractivity contribution in [3.63, 3.8) is 0 Å². The molecule has 0 bridgehead atoms. The van der Waals surface area contributed by atoms with E-state index in [9.17, 15) is 5.11 Å². The number of benzene rings is 1. The van der Waals surface area contributed by atoms with Gasteiger partial charge in [0.25, 0.3) is 0 Å². The van der Waals surface area contributed by atoms with Crippen LogP contribution in [0.1, 0.15) is 43.5 Å². The van der Waals surface area contributed by atoms with E-state index in [1.54, 1.807) is 0 Å². The number of hydrogen-bond acceptors (Lipinski definition) is 4. The van der Waals surface area contributed by atoms with Crippen LogP contribution < -0.4 is 5.73 Å². The molecule has 21 heavy (non-hydrogen) atoms. The SMILES string of the molecule is CC(C)(O)CN1CCN(C2CC(N)c3ccccc32)CC1. The van der Waals surface area contributed by atoms with Crippen molar-refractivity contribution in [2.45, 2.75) is 38.0 Å². The molecule has 1 aliphatic carbocycles. The van der Waals surface area contributed by atoms with Gasteiger partial charge in [-0.3, -0.25) is 9.80 Å². The number of nitrogens with zero attached hydrogens (tertiary/aromatic N) is 2. The van der Waals surface area contributed by atoms with E-state index in [0.29, 0.717) is 6.04 Å². The molecule has 1 aromatic rings. The number of fused-ring (bicyclic) bond motifs is 1. The van der Waals surface area contributed by atoms with Gasteiger partial charge in [-0.05, 0) is 31.4 Å². The normalized spacial score (nSPS) is 27.8. The van der Waals surface area contributed by atoms with E-state index in [2.05, 4.69) is 34.1 Å². The second kappa shape index (κ2) is 5.69. The summed E-state index contributed by atoms with van der Waals surface area (Å²) in [6.45, 7) is 8.68. The van der Waals surface area contributed by atoms with Gasteiger partial charge in [0.15, 0.2) is 0 Å². The Morgan fingerprint density at radius 1 is 1.14 bits per heavy atom. The molecule has 116 valence electrons. The predicted octanol–water partition coefficient (Wildman–Crippen LogP) is 1.52. The third-order valence-corrected chi connectivity index (χ3v) is 4.69. The Labute approximate surface area is 127 Å². The van der Waals surface area contributed by atoms with E-state index in [1.807, 2.05) is 13.8 Å². The number of piperazine rings is 1. The standard InChI is InChI=1S/C17H27N3O/c1-17(2,21)12-19-7-9-20(10-8-19)16-11-15(18)13-5-3-4-6-14(13)16/h3-6,15-16,21H,7-12,18H2,1-2H3. The van der Waals surface area contributed by atoms with Gasteiger partial charge in [-0.1, -0.05) is 24.3 Å². The van der Waals surface area contributed by atoms with Gasteiger partial charge in [0.1, 0.15) is 0 Å². The molecule has 2 atom stereocenters. The van der Waals surface area contributed by atoms with Crippen LogP contribution in [-0.4, -0.2) is 53.2 Å². The lowest BCUT2D eigenvalue weighted by Gasteiger charge is -2.40. The molecule has 2 aliphatic rings. The molecule has 1 aliphatic heterocycles. The van der Waals surface area contributed by atoms with Gasteiger partial charge < -0.3 is 10.8 Å². The summed E-state index contributed by atoms with van der Waals surface area (Å²) in [4.78, 5) is 4.92. The van der Waals surface area contributed by atoms with Gasteiger partial charge in [0.2, 0.25) is 0 Å². The van der Waals surface area contributed by atoms with Gasteiger partial charge in [-0.2, -0.15) is 0 Å². The minimum Gasteiger partial charge on any atom is -0.389 e. The first-order valence-electron chi connectivity index (χ1n) is 7.97. The lowest BCUT2D eigenvalue weighted by molar-refractivity contribution is 0.0104. The Hall–Kier alpha value is -0.940. The molecular weight excluding hydrogens is 262 g/mol. The highest BCUT2D eigenvalue weighted by atomic mass is 16.3. The molecule has 1 saturated heterocycles. The zero-order valence-corrected chi connectivity index (χ0v) is 13.1. The van der Waals surface area contributed by atoms with Crippen LogP contribution in [0.15, 0.2) is 24.3 Å². The Bertz CT molecular complexity index is 489. The van der Waals surface area contributed by atoms with Gasteiger partial charge >= 0.3 is 0 Å². The molecule has 3 N–H and O–H groups in total. The fourth-order valence-corrected chi connectivity index (χ4v) is 3.77. The van der Waals surface area contributed by atoms with Crippen LogP contribution in [0.3, 0.4) is 0 Å². The van der Waals surface area contributed by atoms with Crippen LogP contribution in [0.4, 0.5) is 0 Å². The van der Waals surface area contributed by atoms with Crippen LogP contribution in [0.2, 0.25) is 0 Å². The van der Waals surface area contributed by atoms with E-state index in [0.717, 1.165) is 39.1 Å². The average Bonchev–Trinajstić information content (AvgIpc) is 2.76. The highest BCUT2D eigenvalue weighted by Gasteiger charge is 2.34. The van der Waals surface area contributed by atoms with Gasteiger partial charge in [-0.15, -0.1) is 0 Å². The molecule has 4 heteroatoms. The smallest absolute Gasteiger partial charge is 0.0718 e. The van der Waals surface area contributed by atoms with Crippen molar-refractivity contribution in [2.24, 2.45) is 5.73 Å². The first-order chi connectivity index (χ1) is 9.94. The summed E-state index contributed by atoms with van der Waals surface area (Å²) in [6.07, 6.45) is 1.03. The zero-order valence-electron chi connectivity index (χ0n) is 13.1. The summed E-state index contributed by atoms with van der Waals surface area (Å²) in [6, 6.07) is 9.26. The number of β-amino-alcohol motifs (C(OH)–C–C–N with tert-alkyl or cyclic N) is 1. The molecular formula is C17H27N3O. The zero-order chi connectivity index (χ0) is 15.0. The fourth-order valence-electron chi connectivity index (χ4n) is 3.77. The van der Waals surface area contributed by atoms with Crippen molar-refractivity contribution >= 4 is 0 Å². The maximum Gasteiger partial charge on any atom is 0.0718 e. The molecule has 0 amide bonds. The number of rotatable bonds is 3. The van der Waals surface area contributed by atoms with Crippen LogP contribution >= 0.6 is 0 Å². The second-order valence-electron chi connectivity index (χ2n) is 7.11. The monoisotopic (exact) mass is 289 g/mol. The highest BCUT2D eigenvalue weighted by Crippen LogP contribution is 2.41. The fraction of sp³-hybridized carbons (Fsp3) is 0.647. The van der Waals surface area contributed by atoms with Crippen molar-refractivity contribution < 1.29 is 5.11 Å². The van der Waals surface area contributed by atoms with E-state index in [1.165, 1.54) is 11.1 Å². The third-order valence-electron chi connectivity index (χ3n) is 4.69. The van der Waals surface area contributed by atoms with Crippen LogP contribution in [0, 0.1) is 0 Å².